The number of hydrogen-bond acceptors (Lipinski definition) is 2. The molecule has 3 unspecified atom stereocenters. The highest BCUT2D eigenvalue weighted by Crippen LogP contribution is 2.27. The van der Waals surface area contributed by atoms with Gasteiger partial charge in [0.15, 0.2) is 0 Å². The first-order chi connectivity index (χ1) is 9.15. The summed E-state index contributed by atoms with van der Waals surface area (Å²) in [6, 6.07) is 10.0. The Morgan fingerprint density at radius 3 is 2.53 bits per heavy atom. The van der Waals surface area contributed by atoms with Gasteiger partial charge in [-0.3, -0.25) is 4.90 Å². The molecule has 1 saturated heterocycles. The molecule has 3 atom stereocenters. The maximum atomic E-state index is 5.98. The van der Waals surface area contributed by atoms with E-state index in [1.165, 1.54) is 18.4 Å². The van der Waals surface area contributed by atoms with E-state index in [1.807, 2.05) is 12.1 Å². The highest BCUT2D eigenvalue weighted by atomic mass is 35.5. The van der Waals surface area contributed by atoms with Crippen molar-refractivity contribution < 1.29 is 0 Å². The molecule has 2 rings (SSSR count). The number of benzene rings is 1. The molecule has 1 aromatic carbocycles. The predicted octanol–water partition coefficient (Wildman–Crippen LogP) is 3.86. The van der Waals surface area contributed by atoms with Crippen LogP contribution in [0, 0.1) is 0 Å². The second-order valence-electron chi connectivity index (χ2n) is 5.50. The van der Waals surface area contributed by atoms with Crippen LogP contribution in [0.5, 0.6) is 0 Å². The molecule has 106 valence electrons. The van der Waals surface area contributed by atoms with Crippen molar-refractivity contribution >= 4 is 11.6 Å². The number of halogens is 1. The molecule has 2 nitrogen and oxygen atoms in total. The van der Waals surface area contributed by atoms with E-state index >= 15 is 0 Å². The number of piperazine rings is 1. The van der Waals surface area contributed by atoms with Crippen LogP contribution in [0.2, 0.25) is 5.02 Å². The maximum Gasteiger partial charge on any atom is 0.0406 e. The first-order valence-corrected chi connectivity index (χ1v) is 7.78. The van der Waals surface area contributed by atoms with Crippen LogP contribution >= 0.6 is 11.6 Å². The molecule has 1 aliphatic rings. The summed E-state index contributed by atoms with van der Waals surface area (Å²) in [5.74, 6) is 0. The van der Waals surface area contributed by atoms with Crippen LogP contribution in [-0.2, 0) is 0 Å². The lowest BCUT2D eigenvalue weighted by molar-refractivity contribution is 0.0850. The largest absolute Gasteiger partial charge is 0.311 e. The minimum absolute atomic E-state index is 0.457. The van der Waals surface area contributed by atoms with Crippen molar-refractivity contribution in [3.8, 4) is 0 Å². The monoisotopic (exact) mass is 280 g/mol. The number of nitrogens with zero attached hydrogens (tertiary/aromatic N) is 1. The fourth-order valence-corrected chi connectivity index (χ4v) is 3.07. The summed E-state index contributed by atoms with van der Waals surface area (Å²) >= 11 is 5.98. The Morgan fingerprint density at radius 2 is 1.95 bits per heavy atom. The molecule has 1 aliphatic heterocycles. The topological polar surface area (TPSA) is 15.3 Å². The van der Waals surface area contributed by atoms with Crippen molar-refractivity contribution in [1.29, 1.82) is 0 Å². The van der Waals surface area contributed by atoms with E-state index in [0.29, 0.717) is 18.1 Å². The molecule has 1 fully saturated rings. The Labute approximate surface area is 122 Å². The summed E-state index contributed by atoms with van der Waals surface area (Å²) in [4.78, 5) is 2.65. The molecular weight excluding hydrogens is 256 g/mol. The zero-order chi connectivity index (χ0) is 13.8. The van der Waals surface area contributed by atoms with Gasteiger partial charge in [0.25, 0.3) is 0 Å². The third-order valence-electron chi connectivity index (χ3n) is 4.36. The van der Waals surface area contributed by atoms with Crippen LogP contribution in [0.15, 0.2) is 24.3 Å². The highest BCUT2D eigenvalue weighted by Gasteiger charge is 2.29. The normalized spacial score (nSPS) is 26.3. The van der Waals surface area contributed by atoms with Gasteiger partial charge in [-0.15, -0.1) is 0 Å². The molecule has 0 radical (unpaired) electrons. The summed E-state index contributed by atoms with van der Waals surface area (Å²) < 4.78 is 0. The van der Waals surface area contributed by atoms with E-state index in [1.54, 1.807) is 0 Å². The third kappa shape index (κ3) is 3.50. The molecule has 0 spiro atoms. The van der Waals surface area contributed by atoms with Gasteiger partial charge in [-0.25, -0.2) is 0 Å². The Hall–Kier alpha value is -0.570. The van der Waals surface area contributed by atoms with Crippen LogP contribution in [0.4, 0.5) is 0 Å². The van der Waals surface area contributed by atoms with Crippen molar-refractivity contribution in [3.63, 3.8) is 0 Å². The van der Waals surface area contributed by atoms with Gasteiger partial charge in [-0.05, 0) is 37.5 Å². The van der Waals surface area contributed by atoms with Gasteiger partial charge >= 0.3 is 0 Å². The maximum absolute atomic E-state index is 5.98. The molecule has 1 N–H and O–H groups in total. The molecule has 1 heterocycles. The van der Waals surface area contributed by atoms with Crippen molar-refractivity contribution in [2.45, 2.75) is 51.7 Å². The summed E-state index contributed by atoms with van der Waals surface area (Å²) in [7, 11) is 0. The van der Waals surface area contributed by atoms with Crippen molar-refractivity contribution in [2.75, 3.05) is 13.1 Å². The van der Waals surface area contributed by atoms with E-state index in [9.17, 15) is 0 Å². The smallest absolute Gasteiger partial charge is 0.0406 e. The zero-order valence-electron chi connectivity index (χ0n) is 12.2. The summed E-state index contributed by atoms with van der Waals surface area (Å²) in [6.07, 6.45) is 2.39. The second kappa shape index (κ2) is 6.74. The molecular formula is C16H25ClN2. The van der Waals surface area contributed by atoms with Crippen LogP contribution in [0.25, 0.3) is 0 Å². The van der Waals surface area contributed by atoms with Crippen molar-refractivity contribution in [3.05, 3.63) is 34.9 Å². The molecule has 0 saturated carbocycles. The minimum atomic E-state index is 0.457. The van der Waals surface area contributed by atoms with Crippen LogP contribution in [0.1, 0.15) is 45.2 Å². The third-order valence-corrected chi connectivity index (χ3v) is 4.61. The lowest BCUT2D eigenvalue weighted by Crippen LogP contribution is -2.56. The van der Waals surface area contributed by atoms with E-state index in [2.05, 4.69) is 43.1 Å². The SMILES string of the molecule is CCC1CN(C(C)c2ccc(Cl)cc2)C(CC)CN1. The zero-order valence-corrected chi connectivity index (χ0v) is 13.0. The van der Waals surface area contributed by atoms with Gasteiger partial charge in [0, 0.05) is 36.2 Å². The number of nitrogens with one attached hydrogen (secondary N) is 1. The lowest BCUT2D eigenvalue weighted by Gasteiger charge is -2.43. The second-order valence-corrected chi connectivity index (χ2v) is 5.94. The van der Waals surface area contributed by atoms with E-state index in [4.69, 9.17) is 11.6 Å². The lowest BCUT2D eigenvalue weighted by atomic mass is 9.99. The average Bonchev–Trinajstić information content (AvgIpc) is 2.46. The first-order valence-electron chi connectivity index (χ1n) is 7.40. The van der Waals surface area contributed by atoms with Crippen LogP contribution in [0.3, 0.4) is 0 Å². The van der Waals surface area contributed by atoms with E-state index in [-0.39, 0.29) is 0 Å². The Bertz CT molecular complexity index is 390. The van der Waals surface area contributed by atoms with Gasteiger partial charge in [-0.1, -0.05) is 37.6 Å². The summed E-state index contributed by atoms with van der Waals surface area (Å²) in [5, 5.41) is 4.47. The molecule has 3 heteroatoms. The quantitative estimate of drug-likeness (QED) is 0.901. The highest BCUT2D eigenvalue weighted by molar-refractivity contribution is 6.30. The van der Waals surface area contributed by atoms with Gasteiger partial charge < -0.3 is 5.32 Å². The van der Waals surface area contributed by atoms with Gasteiger partial charge in [0.2, 0.25) is 0 Å². The van der Waals surface area contributed by atoms with E-state index in [0.717, 1.165) is 18.1 Å². The van der Waals surface area contributed by atoms with Gasteiger partial charge in [-0.2, -0.15) is 0 Å². The fourth-order valence-electron chi connectivity index (χ4n) is 2.95. The summed E-state index contributed by atoms with van der Waals surface area (Å²) in [5.41, 5.74) is 1.36. The fraction of sp³-hybridized carbons (Fsp3) is 0.625. The van der Waals surface area contributed by atoms with Crippen molar-refractivity contribution in [2.24, 2.45) is 0 Å². The molecule has 19 heavy (non-hydrogen) atoms. The Kier molecular flexibility index (Phi) is 5.26. The van der Waals surface area contributed by atoms with Crippen molar-refractivity contribution in [1.82, 2.24) is 10.2 Å². The van der Waals surface area contributed by atoms with Gasteiger partial charge in [0.1, 0.15) is 0 Å². The Morgan fingerprint density at radius 1 is 1.26 bits per heavy atom. The summed E-state index contributed by atoms with van der Waals surface area (Å²) in [6.45, 7) is 9.09. The van der Waals surface area contributed by atoms with Crippen LogP contribution < -0.4 is 5.32 Å². The first kappa shape index (κ1) is 14.8. The predicted molar refractivity (Wildman–Crippen MR) is 82.7 cm³/mol. The molecule has 0 amide bonds. The number of rotatable bonds is 4. The Balaban J connectivity index is 2.14. The number of hydrogen-bond donors (Lipinski definition) is 1. The van der Waals surface area contributed by atoms with Gasteiger partial charge in [0.05, 0.1) is 0 Å². The minimum Gasteiger partial charge on any atom is -0.311 e. The molecule has 0 bridgehead atoms. The molecule has 0 aromatic heterocycles. The van der Waals surface area contributed by atoms with E-state index < -0.39 is 0 Å². The molecule has 0 aliphatic carbocycles. The standard InChI is InChI=1S/C16H25ClN2/c1-4-15-11-19(16(5-2)10-18-15)12(3)13-6-8-14(17)9-7-13/h6-9,12,15-16,18H,4-5,10-11H2,1-3H3. The van der Waals surface area contributed by atoms with Crippen LogP contribution in [-0.4, -0.2) is 30.1 Å². The average molecular weight is 281 g/mol. The molecule has 1 aromatic rings.